The van der Waals surface area contributed by atoms with Crippen molar-refractivity contribution >= 4 is 33.4 Å². The summed E-state index contributed by atoms with van der Waals surface area (Å²) in [6, 6.07) is 17.1. The average molecular weight is 569 g/mol. The molecule has 9 heteroatoms. The molecule has 0 unspecified atom stereocenters. The first-order chi connectivity index (χ1) is 20.2. The number of aromatic amines is 2. The van der Waals surface area contributed by atoms with Gasteiger partial charge in [0.05, 0.1) is 36.7 Å². The summed E-state index contributed by atoms with van der Waals surface area (Å²) in [5.74, 6) is 1.46. The fourth-order valence-corrected chi connectivity index (χ4v) is 5.24. The molecule has 0 aliphatic carbocycles. The topological polar surface area (TPSA) is 113 Å². The number of hydrogen-bond donors (Lipinski definition) is 2. The number of aromatic nitrogens is 3. The molecular formula is C33H36N4O5. The Kier molecular flexibility index (Phi) is 7.70. The number of nitrogens with zero attached hydrogens (tertiary/aromatic N) is 2. The van der Waals surface area contributed by atoms with Crippen molar-refractivity contribution in [2.24, 2.45) is 0 Å². The molecule has 0 atom stereocenters. The number of benzene rings is 2. The van der Waals surface area contributed by atoms with Crippen LogP contribution in [0.1, 0.15) is 54.0 Å². The van der Waals surface area contributed by atoms with Gasteiger partial charge < -0.3 is 24.0 Å². The van der Waals surface area contributed by atoms with Crippen molar-refractivity contribution in [3.63, 3.8) is 0 Å². The fraction of sp³-hybridized carbons (Fsp3) is 0.364. The van der Waals surface area contributed by atoms with Gasteiger partial charge in [-0.15, -0.1) is 0 Å². The molecule has 0 bridgehead atoms. The van der Waals surface area contributed by atoms with Gasteiger partial charge in [-0.3, -0.25) is 14.5 Å². The third kappa shape index (κ3) is 6.32. The number of ketones is 2. The second-order valence-electron chi connectivity index (χ2n) is 12.0. The normalized spacial score (nSPS) is 14.5. The van der Waals surface area contributed by atoms with E-state index in [1.807, 2.05) is 75.4 Å². The first kappa shape index (κ1) is 27.9. The highest BCUT2D eigenvalue weighted by atomic mass is 16.5. The number of H-pyrrole nitrogens is 2. The summed E-state index contributed by atoms with van der Waals surface area (Å²) < 4.78 is 16.8. The Bertz CT molecular complexity index is 1730. The van der Waals surface area contributed by atoms with E-state index in [9.17, 15) is 9.59 Å². The lowest BCUT2D eigenvalue weighted by Crippen LogP contribution is -2.38. The monoisotopic (exact) mass is 568 g/mol. The van der Waals surface area contributed by atoms with Crippen LogP contribution in [-0.2, 0) is 27.8 Å². The van der Waals surface area contributed by atoms with Crippen LogP contribution in [-0.4, -0.2) is 71.0 Å². The lowest BCUT2D eigenvalue weighted by atomic mass is 9.93. The van der Waals surface area contributed by atoms with Crippen LogP contribution in [0, 0.1) is 0 Å². The number of hydrogen-bond acceptors (Lipinski definition) is 7. The molecule has 2 N–H and O–H groups in total. The van der Waals surface area contributed by atoms with Crippen LogP contribution >= 0.6 is 0 Å². The summed E-state index contributed by atoms with van der Waals surface area (Å²) in [7, 11) is 0. The highest BCUT2D eigenvalue weighted by molar-refractivity contribution is 6.11. The Hall–Kier alpha value is -4.21. The summed E-state index contributed by atoms with van der Waals surface area (Å²) >= 11 is 0. The molecule has 5 aromatic rings. The Morgan fingerprint density at radius 1 is 0.905 bits per heavy atom. The molecule has 6 rings (SSSR count). The van der Waals surface area contributed by atoms with Crippen molar-refractivity contribution in [3.8, 4) is 5.75 Å². The third-order valence-electron chi connectivity index (χ3n) is 7.62. The summed E-state index contributed by atoms with van der Waals surface area (Å²) in [4.78, 5) is 34.9. The minimum Gasteiger partial charge on any atom is -0.492 e. The molecule has 1 aliphatic heterocycles. The molecular weight excluding hydrogens is 532 g/mol. The number of Topliss-reactive ketones (excluding diaryl/α,β-unsaturated/α-hetero) is 1. The fourth-order valence-electron chi connectivity index (χ4n) is 5.24. The van der Waals surface area contributed by atoms with E-state index in [4.69, 9.17) is 14.0 Å². The smallest absolute Gasteiger partial charge is 0.225 e. The highest BCUT2D eigenvalue weighted by Crippen LogP contribution is 2.26. The molecule has 3 aromatic heterocycles. The molecule has 4 heterocycles. The summed E-state index contributed by atoms with van der Waals surface area (Å²) in [5.41, 5.74) is 4.07. The summed E-state index contributed by atoms with van der Waals surface area (Å²) in [6.45, 7) is 11.0. The van der Waals surface area contributed by atoms with E-state index in [0.29, 0.717) is 23.7 Å². The van der Waals surface area contributed by atoms with Gasteiger partial charge >= 0.3 is 0 Å². The third-order valence-corrected chi connectivity index (χ3v) is 7.62. The number of nitrogens with one attached hydrogen (secondary N) is 2. The molecule has 218 valence electrons. The lowest BCUT2D eigenvalue weighted by Gasteiger charge is -2.26. The minimum atomic E-state index is -0.157. The number of fused-ring (bicyclic) bond motifs is 2. The van der Waals surface area contributed by atoms with Gasteiger partial charge in [0.1, 0.15) is 23.9 Å². The van der Waals surface area contributed by atoms with E-state index >= 15 is 0 Å². The highest BCUT2D eigenvalue weighted by Gasteiger charge is 2.21. The van der Waals surface area contributed by atoms with E-state index in [-0.39, 0.29) is 29.8 Å². The van der Waals surface area contributed by atoms with Gasteiger partial charge in [0.2, 0.25) is 5.78 Å². The summed E-state index contributed by atoms with van der Waals surface area (Å²) in [5, 5.41) is 5.86. The zero-order valence-corrected chi connectivity index (χ0v) is 24.3. The van der Waals surface area contributed by atoms with Gasteiger partial charge in [0.25, 0.3) is 0 Å². The number of carbonyl (C=O) groups is 2. The molecule has 42 heavy (non-hydrogen) atoms. The van der Waals surface area contributed by atoms with Gasteiger partial charge in [0, 0.05) is 59.3 Å². The maximum Gasteiger partial charge on any atom is 0.225 e. The molecule has 0 amide bonds. The van der Waals surface area contributed by atoms with Gasteiger partial charge in [-0.25, -0.2) is 0 Å². The number of ether oxygens (including phenoxy) is 2. The Morgan fingerprint density at radius 3 is 2.29 bits per heavy atom. The van der Waals surface area contributed by atoms with Gasteiger partial charge in [0.15, 0.2) is 0 Å². The Morgan fingerprint density at radius 2 is 1.60 bits per heavy atom. The van der Waals surface area contributed by atoms with Gasteiger partial charge in [-0.05, 0) is 48.0 Å². The number of morpholine rings is 1. The SMILES string of the molecule is CC(C)(C)c1cc(CC(=O)Cc2ccc3[nH]c(C(=O)c4cc5cc(OCCN6CCOCC6)ccc5[nH]4)cc3c2)no1. The van der Waals surface area contributed by atoms with E-state index in [0.717, 1.165) is 71.7 Å². The van der Waals surface area contributed by atoms with Crippen molar-refractivity contribution in [2.45, 2.75) is 39.0 Å². The van der Waals surface area contributed by atoms with Crippen molar-refractivity contribution in [1.82, 2.24) is 20.0 Å². The van der Waals surface area contributed by atoms with Crippen molar-refractivity contribution in [2.75, 3.05) is 39.5 Å². The molecule has 0 saturated carbocycles. The van der Waals surface area contributed by atoms with Crippen LogP contribution in [0.4, 0.5) is 0 Å². The van der Waals surface area contributed by atoms with Crippen molar-refractivity contribution < 1.29 is 23.6 Å². The first-order valence-electron chi connectivity index (χ1n) is 14.4. The molecule has 0 radical (unpaired) electrons. The number of carbonyl (C=O) groups excluding carboxylic acids is 2. The predicted molar refractivity (Wildman–Crippen MR) is 160 cm³/mol. The average Bonchev–Trinajstić information content (AvgIpc) is 3.71. The van der Waals surface area contributed by atoms with E-state index in [1.54, 1.807) is 0 Å². The zero-order valence-electron chi connectivity index (χ0n) is 24.3. The number of rotatable bonds is 10. The Labute approximate surface area is 244 Å². The van der Waals surface area contributed by atoms with Crippen LogP contribution in [0.15, 0.2) is 59.1 Å². The second-order valence-corrected chi connectivity index (χ2v) is 12.0. The molecule has 1 saturated heterocycles. The van der Waals surface area contributed by atoms with Crippen LogP contribution < -0.4 is 4.74 Å². The quantitative estimate of drug-likeness (QED) is 0.222. The van der Waals surface area contributed by atoms with Crippen LogP contribution in [0.25, 0.3) is 21.8 Å². The van der Waals surface area contributed by atoms with Crippen molar-refractivity contribution in [3.05, 3.63) is 83.0 Å². The van der Waals surface area contributed by atoms with E-state index in [1.165, 1.54) is 0 Å². The van der Waals surface area contributed by atoms with E-state index in [2.05, 4.69) is 20.0 Å². The van der Waals surface area contributed by atoms with Crippen LogP contribution in [0.5, 0.6) is 5.75 Å². The maximum atomic E-state index is 13.4. The molecule has 0 spiro atoms. The molecule has 1 fully saturated rings. The summed E-state index contributed by atoms with van der Waals surface area (Å²) in [6.07, 6.45) is 0.497. The molecule has 1 aliphatic rings. The second kappa shape index (κ2) is 11.6. The first-order valence-corrected chi connectivity index (χ1v) is 14.4. The molecule has 9 nitrogen and oxygen atoms in total. The molecule has 2 aromatic carbocycles. The van der Waals surface area contributed by atoms with Crippen molar-refractivity contribution in [1.29, 1.82) is 0 Å². The minimum absolute atomic E-state index is 0.0532. The zero-order chi connectivity index (χ0) is 29.3. The van der Waals surface area contributed by atoms with Crippen LogP contribution in [0.2, 0.25) is 0 Å². The lowest BCUT2D eigenvalue weighted by molar-refractivity contribution is -0.117. The maximum absolute atomic E-state index is 13.4. The van der Waals surface area contributed by atoms with Gasteiger partial charge in [-0.2, -0.15) is 0 Å². The van der Waals surface area contributed by atoms with Gasteiger partial charge in [-0.1, -0.05) is 32.0 Å². The van der Waals surface area contributed by atoms with Crippen LogP contribution in [0.3, 0.4) is 0 Å². The standard InChI is InChI=1S/C33H36N4O5/c1-33(2,3)31-20-24(36-42-31)19-25(38)15-21-4-6-27-22(14-21)17-29(34-27)32(39)30-18-23-16-26(5-7-28(23)35-30)41-13-10-37-8-11-40-12-9-37/h4-7,14,16-18,20,34-35H,8-13,15,19H2,1-3H3. The predicted octanol–water partition coefficient (Wildman–Crippen LogP) is 5.23. The largest absolute Gasteiger partial charge is 0.492 e. The Balaban J connectivity index is 1.10. The van der Waals surface area contributed by atoms with E-state index < -0.39 is 0 Å².